The zero-order valence-electron chi connectivity index (χ0n) is 9.26. The van der Waals surface area contributed by atoms with Crippen LogP contribution in [-0.2, 0) is 0 Å². The fourth-order valence-corrected chi connectivity index (χ4v) is 2.30. The third-order valence-electron chi connectivity index (χ3n) is 2.94. The molecule has 1 aliphatic rings. The van der Waals surface area contributed by atoms with E-state index in [0.29, 0.717) is 6.04 Å². The Morgan fingerprint density at radius 2 is 2.25 bits per heavy atom. The first-order valence-corrected chi connectivity index (χ1v) is 6.77. The molecule has 0 aliphatic heterocycles. The van der Waals surface area contributed by atoms with E-state index in [1.807, 2.05) is 6.33 Å². The molecular formula is C13H14N2S. The topological polar surface area (TPSA) is 17.8 Å². The number of hydrogen-bond donors (Lipinski definition) is 0. The molecule has 1 aromatic heterocycles. The highest BCUT2D eigenvalue weighted by Crippen LogP contribution is 2.35. The molecule has 1 aliphatic carbocycles. The molecule has 0 N–H and O–H groups in total. The normalized spacial score (nSPS) is 15.3. The third kappa shape index (κ3) is 1.87. The van der Waals surface area contributed by atoms with Crippen LogP contribution in [0.15, 0.2) is 41.7 Å². The van der Waals surface area contributed by atoms with Crippen LogP contribution in [0.1, 0.15) is 18.9 Å². The zero-order valence-corrected chi connectivity index (χ0v) is 10.1. The van der Waals surface area contributed by atoms with E-state index in [9.17, 15) is 0 Å². The van der Waals surface area contributed by atoms with Crippen LogP contribution in [-0.4, -0.2) is 15.8 Å². The quantitative estimate of drug-likeness (QED) is 0.750. The maximum Gasteiger partial charge on any atom is 0.0956 e. The van der Waals surface area contributed by atoms with Gasteiger partial charge in [-0.15, -0.1) is 11.8 Å². The highest BCUT2D eigenvalue weighted by molar-refractivity contribution is 7.98. The second-order valence-corrected chi connectivity index (χ2v) is 5.05. The van der Waals surface area contributed by atoms with Crippen LogP contribution >= 0.6 is 11.8 Å². The van der Waals surface area contributed by atoms with Gasteiger partial charge in [0.25, 0.3) is 0 Å². The second-order valence-electron chi connectivity index (χ2n) is 4.17. The molecule has 0 amide bonds. The molecule has 0 radical (unpaired) electrons. The van der Waals surface area contributed by atoms with Crippen LogP contribution in [0.2, 0.25) is 0 Å². The van der Waals surface area contributed by atoms with E-state index >= 15 is 0 Å². The van der Waals surface area contributed by atoms with Gasteiger partial charge in [-0.3, -0.25) is 0 Å². The van der Waals surface area contributed by atoms with E-state index in [2.05, 4.69) is 46.3 Å². The Hall–Kier alpha value is -1.22. The summed E-state index contributed by atoms with van der Waals surface area (Å²) in [7, 11) is 0. The summed E-state index contributed by atoms with van der Waals surface area (Å²) in [5.41, 5.74) is 2.30. The van der Waals surface area contributed by atoms with Crippen LogP contribution in [0.5, 0.6) is 0 Å². The standard InChI is InChI=1S/C13H14N2S/c1-16-12-4-2-3-10(7-12)13-8-15(9-14-13)11-5-6-11/h2-4,7-9,11H,5-6H2,1H3. The Kier molecular flexibility index (Phi) is 2.48. The molecule has 0 bridgehead atoms. The van der Waals surface area contributed by atoms with Crippen LogP contribution in [0.4, 0.5) is 0 Å². The maximum atomic E-state index is 4.48. The molecule has 0 unspecified atom stereocenters. The number of rotatable bonds is 3. The van der Waals surface area contributed by atoms with Crippen molar-refractivity contribution in [2.45, 2.75) is 23.8 Å². The van der Waals surface area contributed by atoms with Crippen molar-refractivity contribution in [3.8, 4) is 11.3 Å². The highest BCUT2D eigenvalue weighted by atomic mass is 32.2. The maximum absolute atomic E-state index is 4.48. The van der Waals surface area contributed by atoms with Crippen molar-refractivity contribution >= 4 is 11.8 Å². The van der Waals surface area contributed by atoms with Gasteiger partial charge >= 0.3 is 0 Å². The number of hydrogen-bond acceptors (Lipinski definition) is 2. The van der Waals surface area contributed by atoms with Crippen LogP contribution in [0.25, 0.3) is 11.3 Å². The molecule has 16 heavy (non-hydrogen) atoms. The summed E-state index contributed by atoms with van der Waals surface area (Å²) < 4.78 is 2.24. The Labute approximate surface area is 99.7 Å². The van der Waals surface area contributed by atoms with Gasteiger partial charge in [0.05, 0.1) is 12.0 Å². The van der Waals surface area contributed by atoms with Gasteiger partial charge in [0, 0.05) is 22.7 Å². The lowest BCUT2D eigenvalue weighted by Crippen LogP contribution is -1.86. The number of imidazole rings is 1. The SMILES string of the molecule is CSc1cccc(-c2cn(C3CC3)cn2)c1. The average Bonchev–Trinajstić information content (AvgIpc) is 3.07. The van der Waals surface area contributed by atoms with Gasteiger partial charge in [0.2, 0.25) is 0 Å². The molecule has 3 heteroatoms. The molecule has 1 fully saturated rings. The van der Waals surface area contributed by atoms with Crippen LogP contribution < -0.4 is 0 Å². The Bertz CT molecular complexity index is 500. The van der Waals surface area contributed by atoms with Crippen molar-refractivity contribution in [1.29, 1.82) is 0 Å². The predicted molar refractivity (Wildman–Crippen MR) is 67.7 cm³/mol. The molecule has 82 valence electrons. The highest BCUT2D eigenvalue weighted by Gasteiger charge is 2.23. The van der Waals surface area contributed by atoms with E-state index in [0.717, 1.165) is 5.69 Å². The number of nitrogens with zero attached hydrogens (tertiary/aromatic N) is 2. The first-order valence-electron chi connectivity index (χ1n) is 5.55. The average molecular weight is 230 g/mol. The van der Waals surface area contributed by atoms with Gasteiger partial charge in [-0.05, 0) is 31.2 Å². The summed E-state index contributed by atoms with van der Waals surface area (Å²) in [5.74, 6) is 0. The number of benzene rings is 1. The van der Waals surface area contributed by atoms with Crippen LogP contribution in [0, 0.1) is 0 Å². The summed E-state index contributed by atoms with van der Waals surface area (Å²) in [4.78, 5) is 5.77. The van der Waals surface area contributed by atoms with Crippen molar-refractivity contribution in [2.24, 2.45) is 0 Å². The van der Waals surface area contributed by atoms with Gasteiger partial charge in [-0.25, -0.2) is 4.98 Å². The summed E-state index contributed by atoms with van der Waals surface area (Å²) >= 11 is 1.77. The lowest BCUT2D eigenvalue weighted by Gasteiger charge is -2.00. The summed E-state index contributed by atoms with van der Waals surface area (Å²) in [6.07, 6.45) is 8.83. The van der Waals surface area contributed by atoms with Crippen molar-refractivity contribution in [3.05, 3.63) is 36.8 Å². The minimum Gasteiger partial charge on any atom is -0.334 e. The number of thioether (sulfide) groups is 1. The Morgan fingerprint density at radius 3 is 3.00 bits per heavy atom. The first kappa shape index (κ1) is 9.97. The smallest absolute Gasteiger partial charge is 0.0956 e. The third-order valence-corrected chi connectivity index (χ3v) is 3.66. The van der Waals surface area contributed by atoms with Crippen molar-refractivity contribution < 1.29 is 0 Å². The molecule has 0 atom stereocenters. The lowest BCUT2D eigenvalue weighted by molar-refractivity contribution is 0.741. The first-order chi connectivity index (χ1) is 7.86. The summed E-state index contributed by atoms with van der Waals surface area (Å²) in [5, 5.41) is 0. The molecule has 1 saturated carbocycles. The van der Waals surface area contributed by atoms with E-state index in [1.165, 1.54) is 23.3 Å². The fraction of sp³-hybridized carbons (Fsp3) is 0.308. The zero-order chi connectivity index (χ0) is 11.0. The van der Waals surface area contributed by atoms with Crippen molar-refractivity contribution in [3.63, 3.8) is 0 Å². The molecule has 0 saturated heterocycles. The van der Waals surface area contributed by atoms with Gasteiger partial charge < -0.3 is 4.57 Å². The van der Waals surface area contributed by atoms with Gasteiger partial charge in [-0.2, -0.15) is 0 Å². The van der Waals surface area contributed by atoms with Gasteiger partial charge in [0.15, 0.2) is 0 Å². The molecule has 2 aromatic rings. The second kappa shape index (κ2) is 3.98. The van der Waals surface area contributed by atoms with E-state index < -0.39 is 0 Å². The minimum absolute atomic E-state index is 0.713. The molecule has 1 heterocycles. The molecule has 2 nitrogen and oxygen atoms in total. The fourth-order valence-electron chi connectivity index (χ4n) is 1.84. The molecular weight excluding hydrogens is 216 g/mol. The van der Waals surface area contributed by atoms with E-state index in [-0.39, 0.29) is 0 Å². The molecule has 3 rings (SSSR count). The Morgan fingerprint density at radius 1 is 1.38 bits per heavy atom. The largest absolute Gasteiger partial charge is 0.334 e. The van der Waals surface area contributed by atoms with Crippen molar-refractivity contribution in [1.82, 2.24) is 9.55 Å². The predicted octanol–water partition coefficient (Wildman–Crippen LogP) is 3.61. The lowest BCUT2D eigenvalue weighted by atomic mass is 10.2. The van der Waals surface area contributed by atoms with E-state index in [4.69, 9.17) is 0 Å². The van der Waals surface area contributed by atoms with E-state index in [1.54, 1.807) is 11.8 Å². The minimum atomic E-state index is 0.713. The molecule has 1 aromatic carbocycles. The number of aromatic nitrogens is 2. The van der Waals surface area contributed by atoms with Gasteiger partial charge in [0.1, 0.15) is 0 Å². The Balaban J connectivity index is 1.93. The summed E-state index contributed by atoms with van der Waals surface area (Å²) in [6.45, 7) is 0. The monoisotopic (exact) mass is 230 g/mol. The van der Waals surface area contributed by atoms with Crippen LogP contribution in [0.3, 0.4) is 0 Å². The summed E-state index contributed by atoms with van der Waals surface area (Å²) in [6, 6.07) is 9.26. The molecule has 0 spiro atoms. The van der Waals surface area contributed by atoms with Crippen molar-refractivity contribution in [2.75, 3.05) is 6.26 Å². The van der Waals surface area contributed by atoms with Gasteiger partial charge in [-0.1, -0.05) is 12.1 Å².